The Kier molecular flexibility index (Phi) is 4.98. The van der Waals surface area contributed by atoms with E-state index in [0.717, 1.165) is 35.3 Å². The predicted octanol–water partition coefficient (Wildman–Crippen LogP) is 3.52. The van der Waals surface area contributed by atoms with Crippen molar-refractivity contribution in [3.05, 3.63) is 47.0 Å². The number of imidazole rings is 1. The lowest BCUT2D eigenvalue weighted by Gasteiger charge is -2.13. The average Bonchev–Trinajstić information content (AvgIpc) is 2.92. The first-order chi connectivity index (χ1) is 10.1. The predicted molar refractivity (Wildman–Crippen MR) is 82.5 cm³/mol. The van der Waals surface area contributed by atoms with Crippen molar-refractivity contribution in [1.82, 2.24) is 9.97 Å². The van der Waals surface area contributed by atoms with E-state index >= 15 is 0 Å². The Bertz CT molecular complexity index is 583. The number of hydrogen-bond donors (Lipinski definition) is 2. The first-order valence-corrected chi connectivity index (χ1v) is 7.05. The highest BCUT2D eigenvalue weighted by molar-refractivity contribution is 5.86. The van der Waals surface area contributed by atoms with Crippen LogP contribution in [-0.4, -0.2) is 22.7 Å². The van der Waals surface area contributed by atoms with Crippen LogP contribution in [0.25, 0.3) is 0 Å². The van der Waals surface area contributed by atoms with Gasteiger partial charge in [0.15, 0.2) is 0 Å². The summed E-state index contributed by atoms with van der Waals surface area (Å²) in [5, 5.41) is 2.82. The normalized spacial score (nSPS) is 10.4. The topological polar surface area (TPSA) is 67.0 Å². The number of aromatic nitrogens is 2. The summed E-state index contributed by atoms with van der Waals surface area (Å²) in [5.74, 6) is 0. The van der Waals surface area contributed by atoms with E-state index in [2.05, 4.69) is 15.3 Å². The molecule has 2 aromatic rings. The highest BCUT2D eigenvalue weighted by Gasteiger charge is 2.09. The lowest BCUT2D eigenvalue weighted by atomic mass is 10.1. The summed E-state index contributed by atoms with van der Waals surface area (Å²) in [6, 6.07) is 4.09. The van der Waals surface area contributed by atoms with Gasteiger partial charge in [0.1, 0.15) is 0 Å². The minimum absolute atomic E-state index is 0.384. The minimum atomic E-state index is -0.408. The molecule has 0 radical (unpaired) electrons. The molecule has 0 fully saturated rings. The second kappa shape index (κ2) is 6.92. The third-order valence-corrected chi connectivity index (χ3v) is 3.28. The molecule has 1 amide bonds. The van der Waals surface area contributed by atoms with Gasteiger partial charge < -0.3 is 9.72 Å². The molecule has 5 nitrogen and oxygen atoms in total. The summed E-state index contributed by atoms with van der Waals surface area (Å²) in [6.07, 6.45) is 4.59. The first-order valence-electron chi connectivity index (χ1n) is 7.05. The minimum Gasteiger partial charge on any atom is -0.449 e. The van der Waals surface area contributed by atoms with Gasteiger partial charge in [0, 0.05) is 17.6 Å². The van der Waals surface area contributed by atoms with Gasteiger partial charge in [0.2, 0.25) is 0 Å². The summed E-state index contributed by atoms with van der Waals surface area (Å²) < 4.78 is 5.20. The molecule has 1 heterocycles. The lowest BCUT2D eigenvalue weighted by Crippen LogP contribution is -2.16. The van der Waals surface area contributed by atoms with Crippen LogP contribution < -0.4 is 5.32 Å². The van der Waals surface area contributed by atoms with Crippen LogP contribution >= 0.6 is 0 Å². The van der Waals surface area contributed by atoms with Gasteiger partial charge in [-0.25, -0.2) is 9.78 Å². The molecular formula is C16H21N3O2. The van der Waals surface area contributed by atoms with E-state index < -0.39 is 6.09 Å². The number of nitrogens with one attached hydrogen (secondary N) is 2. The fraction of sp³-hybridized carbons (Fsp3) is 0.375. The van der Waals surface area contributed by atoms with Crippen LogP contribution in [-0.2, 0) is 11.2 Å². The Morgan fingerprint density at radius 3 is 2.62 bits per heavy atom. The fourth-order valence-electron chi connectivity index (χ4n) is 2.36. The molecule has 0 saturated carbocycles. The number of anilines is 1. The van der Waals surface area contributed by atoms with Crippen LogP contribution in [0, 0.1) is 20.8 Å². The molecule has 112 valence electrons. The zero-order valence-electron chi connectivity index (χ0n) is 12.7. The summed E-state index contributed by atoms with van der Waals surface area (Å²) in [6.45, 7) is 6.38. The number of hydrogen-bond acceptors (Lipinski definition) is 3. The van der Waals surface area contributed by atoms with Crippen molar-refractivity contribution < 1.29 is 9.53 Å². The molecule has 0 aliphatic carbocycles. The number of nitrogens with zero attached hydrogens (tertiary/aromatic N) is 1. The number of amides is 1. The van der Waals surface area contributed by atoms with Gasteiger partial charge in [-0.05, 0) is 44.7 Å². The Morgan fingerprint density at radius 2 is 2.00 bits per heavy atom. The smallest absolute Gasteiger partial charge is 0.411 e. The molecule has 5 heteroatoms. The highest BCUT2D eigenvalue weighted by Crippen LogP contribution is 2.21. The van der Waals surface area contributed by atoms with Gasteiger partial charge in [0.25, 0.3) is 0 Å². The zero-order valence-corrected chi connectivity index (χ0v) is 12.7. The van der Waals surface area contributed by atoms with Crippen molar-refractivity contribution in [1.29, 1.82) is 0 Å². The fourth-order valence-corrected chi connectivity index (χ4v) is 2.36. The van der Waals surface area contributed by atoms with Crippen LogP contribution in [0.15, 0.2) is 24.7 Å². The molecule has 0 saturated heterocycles. The van der Waals surface area contributed by atoms with E-state index in [1.807, 2.05) is 32.9 Å². The van der Waals surface area contributed by atoms with Crippen LogP contribution in [0.1, 0.15) is 28.8 Å². The SMILES string of the molecule is Cc1cc(C)c(NC(=O)OCCCc2cnc[nH]2)c(C)c1. The van der Waals surface area contributed by atoms with Gasteiger partial charge in [0.05, 0.1) is 12.9 Å². The van der Waals surface area contributed by atoms with Crippen molar-refractivity contribution >= 4 is 11.8 Å². The molecule has 1 aromatic heterocycles. The number of aryl methyl sites for hydroxylation is 4. The molecule has 2 N–H and O–H groups in total. The second-order valence-corrected chi connectivity index (χ2v) is 5.22. The summed E-state index contributed by atoms with van der Waals surface area (Å²) in [7, 11) is 0. The average molecular weight is 287 g/mol. The zero-order chi connectivity index (χ0) is 15.2. The standard InChI is InChI=1S/C16H21N3O2/c1-11-7-12(2)15(13(3)8-11)19-16(20)21-6-4-5-14-9-17-10-18-14/h7-10H,4-6H2,1-3H3,(H,17,18)(H,19,20). The molecule has 2 rings (SSSR count). The van der Waals surface area contributed by atoms with Crippen molar-refractivity contribution in [2.75, 3.05) is 11.9 Å². The van der Waals surface area contributed by atoms with E-state index in [9.17, 15) is 4.79 Å². The van der Waals surface area contributed by atoms with Crippen molar-refractivity contribution in [3.63, 3.8) is 0 Å². The molecule has 1 aromatic carbocycles. The number of aromatic amines is 1. The number of ether oxygens (including phenoxy) is 1. The Balaban J connectivity index is 1.79. The van der Waals surface area contributed by atoms with E-state index in [1.54, 1.807) is 12.5 Å². The maximum atomic E-state index is 11.8. The van der Waals surface area contributed by atoms with Crippen molar-refractivity contribution in [2.45, 2.75) is 33.6 Å². The maximum Gasteiger partial charge on any atom is 0.411 e. The molecule has 0 aliphatic heterocycles. The number of H-pyrrole nitrogens is 1. The Hall–Kier alpha value is -2.30. The van der Waals surface area contributed by atoms with E-state index in [-0.39, 0.29) is 0 Å². The Morgan fingerprint density at radius 1 is 1.29 bits per heavy atom. The highest BCUT2D eigenvalue weighted by atomic mass is 16.5. The van der Waals surface area contributed by atoms with Gasteiger partial charge in [-0.3, -0.25) is 5.32 Å². The molecule has 0 bridgehead atoms. The largest absolute Gasteiger partial charge is 0.449 e. The van der Waals surface area contributed by atoms with Gasteiger partial charge in [-0.15, -0.1) is 0 Å². The quantitative estimate of drug-likeness (QED) is 0.827. The van der Waals surface area contributed by atoms with Crippen LogP contribution in [0.5, 0.6) is 0 Å². The maximum absolute atomic E-state index is 11.8. The molecule has 0 atom stereocenters. The van der Waals surface area contributed by atoms with Gasteiger partial charge in [-0.2, -0.15) is 0 Å². The Labute approximate surface area is 124 Å². The van der Waals surface area contributed by atoms with Crippen LogP contribution in [0.3, 0.4) is 0 Å². The van der Waals surface area contributed by atoms with Gasteiger partial charge >= 0.3 is 6.09 Å². The molecule has 0 aliphatic rings. The number of carbonyl (C=O) groups excluding carboxylic acids is 1. The molecule has 0 spiro atoms. The number of rotatable bonds is 5. The third-order valence-electron chi connectivity index (χ3n) is 3.28. The lowest BCUT2D eigenvalue weighted by molar-refractivity contribution is 0.160. The van der Waals surface area contributed by atoms with Crippen LogP contribution in [0.4, 0.5) is 10.5 Å². The van der Waals surface area contributed by atoms with Gasteiger partial charge in [-0.1, -0.05) is 17.7 Å². The summed E-state index contributed by atoms with van der Waals surface area (Å²) >= 11 is 0. The number of benzene rings is 1. The summed E-state index contributed by atoms with van der Waals surface area (Å²) in [4.78, 5) is 18.8. The number of carbonyl (C=O) groups is 1. The van der Waals surface area contributed by atoms with Crippen molar-refractivity contribution in [3.8, 4) is 0 Å². The van der Waals surface area contributed by atoms with E-state index in [4.69, 9.17) is 4.74 Å². The monoisotopic (exact) mass is 287 g/mol. The first kappa shape index (κ1) is 15.1. The second-order valence-electron chi connectivity index (χ2n) is 5.22. The van der Waals surface area contributed by atoms with E-state index in [1.165, 1.54) is 5.56 Å². The van der Waals surface area contributed by atoms with E-state index in [0.29, 0.717) is 6.61 Å². The molecular weight excluding hydrogens is 266 g/mol. The summed E-state index contributed by atoms with van der Waals surface area (Å²) in [5.41, 5.74) is 5.15. The van der Waals surface area contributed by atoms with Crippen molar-refractivity contribution in [2.24, 2.45) is 0 Å². The molecule has 21 heavy (non-hydrogen) atoms. The third kappa shape index (κ3) is 4.34. The van der Waals surface area contributed by atoms with Crippen LogP contribution in [0.2, 0.25) is 0 Å². The molecule has 0 unspecified atom stereocenters.